The van der Waals surface area contributed by atoms with E-state index in [1.165, 1.54) is 41.5 Å². The number of hydrogen-bond donors (Lipinski definition) is 2. The van der Waals surface area contributed by atoms with Crippen LogP contribution in [0.5, 0.6) is 23.0 Å². The van der Waals surface area contributed by atoms with Crippen LogP contribution in [-0.2, 0) is 19.1 Å². The molecule has 11 nitrogen and oxygen atoms in total. The summed E-state index contributed by atoms with van der Waals surface area (Å²) in [7, 11) is 3.27. The fraction of sp³-hybridized carbons (Fsp3) is 0.286. The molecule has 0 saturated heterocycles. The molecule has 0 radical (unpaired) electrons. The zero-order valence-corrected chi connectivity index (χ0v) is 43.9. The molecule has 0 heterocycles. The number of aldehydes is 1. The van der Waals surface area contributed by atoms with E-state index in [2.05, 4.69) is 46.1 Å². The van der Waals surface area contributed by atoms with Crippen molar-refractivity contribution in [1.82, 2.24) is 0 Å². The predicted molar refractivity (Wildman–Crippen MR) is 300 cm³/mol. The molecule has 7 rings (SSSR count). The topological polar surface area (TPSA) is 154 Å². The van der Waals surface area contributed by atoms with E-state index in [1.807, 2.05) is 103 Å². The molecule has 11 heteroatoms. The average Bonchev–Trinajstić information content (AvgIpc) is 3.74. The normalized spacial score (nSPS) is 10.2. The molecule has 0 spiro atoms. The van der Waals surface area contributed by atoms with E-state index in [0.29, 0.717) is 31.1 Å². The fourth-order valence-corrected chi connectivity index (χ4v) is 7.07. The average molecular weight is 1000 g/mol. The molecule has 0 unspecified atom stereocenters. The van der Waals surface area contributed by atoms with Gasteiger partial charge in [0.15, 0.2) is 0 Å². The summed E-state index contributed by atoms with van der Waals surface area (Å²) >= 11 is 0. The highest BCUT2D eigenvalue weighted by Crippen LogP contribution is 2.35. The summed E-state index contributed by atoms with van der Waals surface area (Å²) in [5, 5.41) is 15.5. The van der Waals surface area contributed by atoms with Crippen LogP contribution >= 0.6 is 0 Å². The van der Waals surface area contributed by atoms with Gasteiger partial charge in [0.2, 0.25) is 0 Å². The van der Waals surface area contributed by atoms with Gasteiger partial charge in [0, 0.05) is 40.6 Å². The van der Waals surface area contributed by atoms with Crippen molar-refractivity contribution in [3.05, 3.63) is 193 Å². The Morgan fingerprint density at radius 3 is 1.34 bits per heavy atom. The second kappa shape index (κ2) is 36.0. The molecule has 1 aliphatic rings. The van der Waals surface area contributed by atoms with Crippen molar-refractivity contribution in [2.75, 3.05) is 40.6 Å². The van der Waals surface area contributed by atoms with E-state index in [9.17, 15) is 14.4 Å². The van der Waals surface area contributed by atoms with Crippen LogP contribution in [0, 0.1) is 17.7 Å². The number of rotatable bonds is 23. The fourth-order valence-electron chi connectivity index (χ4n) is 7.07. The van der Waals surface area contributed by atoms with Gasteiger partial charge in [-0.25, -0.2) is 9.59 Å². The van der Waals surface area contributed by atoms with Crippen LogP contribution in [0.2, 0.25) is 0 Å². The smallest absolute Gasteiger partial charge is 0.330 e. The van der Waals surface area contributed by atoms with Crippen LogP contribution in [-0.4, -0.2) is 70.8 Å². The van der Waals surface area contributed by atoms with E-state index in [1.54, 1.807) is 38.5 Å². The Labute approximate surface area is 439 Å². The molecule has 6 aromatic carbocycles. The monoisotopic (exact) mass is 1000 g/mol. The minimum Gasteiger partial charge on any atom is -0.497 e. The number of nitrogens with one attached hydrogen (secondary N) is 2. The van der Waals surface area contributed by atoms with Crippen molar-refractivity contribution in [3.8, 4) is 45.3 Å². The molecule has 0 bridgehead atoms. The summed E-state index contributed by atoms with van der Waals surface area (Å²) in [6.07, 6.45) is 13.6. The number of hydrogen-bond acceptors (Lipinski definition) is 11. The quantitative estimate of drug-likeness (QED) is 0.0209. The van der Waals surface area contributed by atoms with Crippen molar-refractivity contribution in [2.24, 2.45) is 0 Å². The minimum atomic E-state index is -0.368. The number of methoxy groups -OCH3 is 2. The Hall–Kier alpha value is -8.05. The molecule has 6 aromatic rings. The third-order valence-electron chi connectivity index (χ3n) is 11.0. The molecule has 74 heavy (non-hydrogen) atoms. The summed E-state index contributed by atoms with van der Waals surface area (Å²) in [6.45, 7) is 15.3. The Kier molecular flexibility index (Phi) is 29.3. The molecule has 2 N–H and O–H groups in total. The lowest BCUT2D eigenvalue weighted by atomic mass is 10.00. The first-order valence-electron chi connectivity index (χ1n) is 25.1. The molecule has 1 aliphatic carbocycles. The molecule has 0 saturated carbocycles. The molecular weight excluding hydrogens is 929 g/mol. The van der Waals surface area contributed by atoms with Gasteiger partial charge in [-0.3, -0.25) is 10.2 Å². The van der Waals surface area contributed by atoms with Crippen molar-refractivity contribution < 1.29 is 42.8 Å². The summed E-state index contributed by atoms with van der Waals surface area (Å²) in [5.41, 5.74) is 9.90. The van der Waals surface area contributed by atoms with Crippen LogP contribution < -0.4 is 18.9 Å². The zero-order valence-electron chi connectivity index (χ0n) is 43.9. The van der Waals surface area contributed by atoms with Crippen molar-refractivity contribution in [1.29, 1.82) is 10.8 Å². The number of ether oxygens (including phenoxy) is 6. The lowest BCUT2D eigenvalue weighted by molar-refractivity contribution is -0.138. The second-order valence-electron chi connectivity index (χ2n) is 16.8. The van der Waals surface area contributed by atoms with Crippen molar-refractivity contribution in [3.63, 3.8) is 0 Å². The first-order valence-corrected chi connectivity index (χ1v) is 25.1. The van der Waals surface area contributed by atoms with Gasteiger partial charge in [0.25, 0.3) is 0 Å². The van der Waals surface area contributed by atoms with E-state index >= 15 is 0 Å². The predicted octanol–water partition coefficient (Wildman–Crippen LogP) is 14.7. The van der Waals surface area contributed by atoms with Crippen LogP contribution in [0.4, 0.5) is 0 Å². The maximum absolute atomic E-state index is 10.8. The SMILES string of the molecule is C=CC(=O)OCCCCCCOc1ccc(C)cc1.C=CC(=O)OCCCCCCOc1ccc(C=O)cc1.CCC.COc1ccc(-c2ccc(OC)cc2C=N)cc1.N=C1c2ccccc2-c2ccccc21. The van der Waals surface area contributed by atoms with Gasteiger partial charge in [-0.1, -0.05) is 118 Å². The highest BCUT2D eigenvalue weighted by Gasteiger charge is 2.21. The van der Waals surface area contributed by atoms with Crippen LogP contribution in [0.1, 0.15) is 104 Å². The number of fused-ring (bicyclic) bond motifs is 3. The Morgan fingerprint density at radius 2 is 0.919 bits per heavy atom. The van der Waals surface area contributed by atoms with Gasteiger partial charge in [-0.2, -0.15) is 0 Å². The Balaban J connectivity index is 0.000000256. The molecule has 0 atom stereocenters. The molecule has 390 valence electrons. The van der Waals surface area contributed by atoms with Gasteiger partial charge < -0.3 is 33.8 Å². The largest absolute Gasteiger partial charge is 0.497 e. The molecule has 0 fully saturated rings. The van der Waals surface area contributed by atoms with Gasteiger partial charge >= 0.3 is 11.9 Å². The van der Waals surface area contributed by atoms with E-state index < -0.39 is 0 Å². The molecular formula is C63H74N2O9. The second-order valence-corrected chi connectivity index (χ2v) is 16.8. The number of benzene rings is 6. The van der Waals surface area contributed by atoms with E-state index in [-0.39, 0.29) is 11.9 Å². The number of aryl methyl sites for hydroxylation is 1. The molecule has 0 aromatic heterocycles. The van der Waals surface area contributed by atoms with Gasteiger partial charge in [0.1, 0.15) is 29.3 Å². The van der Waals surface area contributed by atoms with E-state index in [0.717, 1.165) is 115 Å². The van der Waals surface area contributed by atoms with E-state index in [4.69, 9.17) is 39.2 Å². The van der Waals surface area contributed by atoms with Gasteiger partial charge in [0.05, 0.1) is 46.4 Å². The molecule has 0 aliphatic heterocycles. The van der Waals surface area contributed by atoms with Crippen LogP contribution in [0.15, 0.2) is 165 Å². The summed E-state index contributed by atoms with van der Waals surface area (Å²) < 4.78 is 31.2. The number of unbranched alkanes of at least 4 members (excludes halogenated alkanes) is 6. The van der Waals surface area contributed by atoms with Crippen molar-refractivity contribution >= 4 is 30.2 Å². The zero-order chi connectivity index (χ0) is 53.8. The third-order valence-corrected chi connectivity index (χ3v) is 11.0. The standard InChI is InChI=1S/C16H20O4.C16H22O3.C15H15NO2.C13H9N.C3H8/c1-2-16(18)20-12-6-4-3-5-11-19-15-9-7-14(13-17)8-10-15;1-3-16(17)19-13-7-5-4-6-12-18-15-10-8-14(2)9-11-15;1-17-13-5-3-11(4-6-13)15-8-7-14(18-2)9-12(15)10-16;14-13-11-7-3-1-5-9(11)10-6-2-4-8-12(10)13;1-3-2/h2,7-10,13H,1,3-6,11-12H2;3,8-11H,1,4-7,12-13H2,2H3;3-10,16H,1-2H3;1-8,14H;3H2,1-2H3. The first kappa shape index (κ1) is 60.3. The molecule has 0 amide bonds. The lowest BCUT2D eigenvalue weighted by Crippen LogP contribution is -2.02. The number of carbonyl (C=O) groups is 3. The number of carbonyl (C=O) groups excluding carboxylic acids is 3. The van der Waals surface area contributed by atoms with Gasteiger partial charge in [-0.15, -0.1) is 0 Å². The third kappa shape index (κ3) is 22.2. The lowest BCUT2D eigenvalue weighted by Gasteiger charge is -2.09. The maximum atomic E-state index is 10.8. The highest BCUT2D eigenvalue weighted by molar-refractivity contribution is 6.22. The summed E-state index contributed by atoms with van der Waals surface area (Å²) in [4.78, 5) is 32.0. The highest BCUT2D eigenvalue weighted by atomic mass is 16.5. The van der Waals surface area contributed by atoms with Crippen molar-refractivity contribution in [2.45, 2.75) is 78.6 Å². The Morgan fingerprint density at radius 1 is 0.514 bits per heavy atom. The summed E-state index contributed by atoms with van der Waals surface area (Å²) in [6, 6.07) is 44.8. The first-order chi connectivity index (χ1) is 36.0. The minimum absolute atomic E-state index is 0.345. The van der Waals surface area contributed by atoms with Gasteiger partial charge in [-0.05, 0) is 141 Å². The Bertz CT molecular complexity index is 2580. The maximum Gasteiger partial charge on any atom is 0.330 e. The van der Waals surface area contributed by atoms with Crippen LogP contribution in [0.25, 0.3) is 22.3 Å². The summed E-state index contributed by atoms with van der Waals surface area (Å²) in [5.74, 6) is 2.56. The van der Waals surface area contributed by atoms with Crippen LogP contribution in [0.3, 0.4) is 0 Å². The number of esters is 2.